The fourth-order valence-corrected chi connectivity index (χ4v) is 3.50. The summed E-state index contributed by atoms with van der Waals surface area (Å²) in [6, 6.07) is 22.4. The van der Waals surface area contributed by atoms with Crippen LogP contribution in [0.25, 0.3) is 0 Å². The van der Waals surface area contributed by atoms with Crippen molar-refractivity contribution in [3.8, 4) is 0 Å². The van der Waals surface area contributed by atoms with E-state index in [-0.39, 0.29) is 19.4 Å². The van der Waals surface area contributed by atoms with Crippen LogP contribution < -0.4 is 10.6 Å². The van der Waals surface area contributed by atoms with Gasteiger partial charge >= 0.3 is 12.3 Å². The van der Waals surface area contributed by atoms with Crippen LogP contribution in [0.3, 0.4) is 0 Å². The molecule has 0 radical (unpaired) electrons. The van der Waals surface area contributed by atoms with Crippen LogP contribution in [-0.2, 0) is 33.8 Å². The maximum absolute atomic E-state index is 13.3. The van der Waals surface area contributed by atoms with Gasteiger partial charge in [0.1, 0.15) is 18.7 Å². The molecule has 2 atom stereocenters. The number of amides is 2. The number of ketones is 1. The van der Waals surface area contributed by atoms with E-state index in [1.54, 1.807) is 91.0 Å². The fourth-order valence-electron chi connectivity index (χ4n) is 3.50. The number of alkyl carbamates (subject to hydrolysis) is 1. The smallest absolute Gasteiger partial charge is 0.445 e. The molecule has 0 fully saturated rings. The molecule has 0 spiro atoms. The molecular formula is C27H25F3N2O4. The minimum Gasteiger partial charge on any atom is -0.445 e. The Kier molecular flexibility index (Phi) is 9.21. The maximum atomic E-state index is 13.3. The minimum atomic E-state index is -5.15. The first-order valence-corrected chi connectivity index (χ1v) is 11.2. The normalized spacial score (nSPS) is 12.8. The molecular weight excluding hydrogens is 473 g/mol. The average molecular weight is 499 g/mol. The number of halogens is 3. The molecule has 6 nitrogen and oxygen atoms in total. The van der Waals surface area contributed by atoms with Crippen LogP contribution in [0.15, 0.2) is 91.0 Å². The summed E-state index contributed by atoms with van der Waals surface area (Å²) in [6.07, 6.45) is -6.45. The Hall–Kier alpha value is -4.14. The van der Waals surface area contributed by atoms with E-state index < -0.39 is 36.0 Å². The molecule has 2 N–H and O–H groups in total. The first-order chi connectivity index (χ1) is 17.2. The summed E-state index contributed by atoms with van der Waals surface area (Å²) in [5.74, 6) is -3.01. The predicted octanol–water partition coefficient (Wildman–Crippen LogP) is 4.38. The Balaban J connectivity index is 1.75. The molecule has 0 aliphatic carbocycles. The quantitative estimate of drug-likeness (QED) is 0.435. The van der Waals surface area contributed by atoms with E-state index in [0.29, 0.717) is 11.1 Å². The molecule has 3 aromatic rings. The van der Waals surface area contributed by atoms with Crippen LogP contribution in [0.5, 0.6) is 0 Å². The number of alkyl halides is 3. The van der Waals surface area contributed by atoms with Crippen LogP contribution in [0.2, 0.25) is 0 Å². The number of Topliss-reactive ketones (excluding diaryl/α,β-unsaturated/α-hetero) is 1. The maximum Gasteiger partial charge on any atom is 0.452 e. The summed E-state index contributed by atoms with van der Waals surface area (Å²) in [5, 5.41) is 4.61. The van der Waals surface area contributed by atoms with Crippen molar-refractivity contribution in [2.75, 3.05) is 0 Å². The summed E-state index contributed by atoms with van der Waals surface area (Å²) in [6.45, 7) is -0.0600. The summed E-state index contributed by atoms with van der Waals surface area (Å²) < 4.78 is 45.0. The Morgan fingerprint density at radius 2 is 1.11 bits per heavy atom. The highest BCUT2D eigenvalue weighted by molar-refractivity contribution is 5.95. The van der Waals surface area contributed by atoms with Gasteiger partial charge in [-0.15, -0.1) is 0 Å². The second-order valence-electron chi connectivity index (χ2n) is 8.06. The van der Waals surface area contributed by atoms with Crippen LogP contribution in [0.1, 0.15) is 16.7 Å². The number of ether oxygens (including phenoxy) is 1. The zero-order valence-corrected chi connectivity index (χ0v) is 19.2. The van der Waals surface area contributed by atoms with Crippen molar-refractivity contribution in [2.24, 2.45) is 0 Å². The third-order valence-electron chi connectivity index (χ3n) is 5.30. The van der Waals surface area contributed by atoms with Crippen molar-refractivity contribution >= 4 is 17.8 Å². The molecule has 3 rings (SSSR count). The Morgan fingerprint density at radius 3 is 1.58 bits per heavy atom. The molecule has 0 saturated carbocycles. The summed E-state index contributed by atoms with van der Waals surface area (Å²) in [4.78, 5) is 37.6. The summed E-state index contributed by atoms with van der Waals surface area (Å²) in [7, 11) is 0. The SMILES string of the molecule is O=C(N[C@@H](Cc1ccccc1)C(=O)N[C@H](Cc1ccccc1)C(=O)C(F)(F)F)OCc1ccccc1. The average Bonchev–Trinajstić information content (AvgIpc) is 2.87. The predicted molar refractivity (Wildman–Crippen MR) is 127 cm³/mol. The zero-order chi connectivity index (χ0) is 26.0. The monoisotopic (exact) mass is 498 g/mol. The molecule has 9 heteroatoms. The van der Waals surface area contributed by atoms with E-state index in [9.17, 15) is 27.6 Å². The van der Waals surface area contributed by atoms with Crippen molar-refractivity contribution < 1.29 is 32.3 Å². The lowest BCUT2D eigenvalue weighted by molar-refractivity contribution is -0.173. The summed E-state index contributed by atoms with van der Waals surface area (Å²) >= 11 is 0. The minimum absolute atomic E-state index is 0.0224. The molecule has 0 unspecified atom stereocenters. The Bertz CT molecular complexity index is 1140. The zero-order valence-electron chi connectivity index (χ0n) is 19.2. The molecule has 2 amide bonds. The van der Waals surface area contributed by atoms with Gasteiger partial charge in [-0.05, 0) is 16.7 Å². The number of hydrogen-bond acceptors (Lipinski definition) is 4. The third-order valence-corrected chi connectivity index (χ3v) is 5.30. The van der Waals surface area contributed by atoms with Gasteiger partial charge in [0.2, 0.25) is 5.91 Å². The van der Waals surface area contributed by atoms with E-state index >= 15 is 0 Å². The molecule has 188 valence electrons. The summed E-state index contributed by atoms with van der Waals surface area (Å²) in [5.41, 5.74) is 1.81. The lowest BCUT2D eigenvalue weighted by Crippen LogP contribution is -2.55. The van der Waals surface area contributed by atoms with Gasteiger partial charge in [0.05, 0.1) is 0 Å². The van der Waals surface area contributed by atoms with E-state index in [1.807, 2.05) is 0 Å². The van der Waals surface area contributed by atoms with E-state index in [2.05, 4.69) is 10.6 Å². The number of hydrogen-bond donors (Lipinski definition) is 2. The highest BCUT2D eigenvalue weighted by Gasteiger charge is 2.44. The largest absolute Gasteiger partial charge is 0.452 e. The molecule has 0 saturated heterocycles. The van der Waals surface area contributed by atoms with Crippen LogP contribution >= 0.6 is 0 Å². The van der Waals surface area contributed by atoms with Crippen molar-refractivity contribution in [3.05, 3.63) is 108 Å². The van der Waals surface area contributed by atoms with Gasteiger partial charge in [-0.25, -0.2) is 4.79 Å². The van der Waals surface area contributed by atoms with E-state index in [0.717, 1.165) is 5.56 Å². The molecule has 3 aromatic carbocycles. The van der Waals surface area contributed by atoms with Crippen LogP contribution in [0.4, 0.5) is 18.0 Å². The van der Waals surface area contributed by atoms with Crippen molar-refractivity contribution in [1.29, 1.82) is 0 Å². The Morgan fingerprint density at radius 1 is 0.667 bits per heavy atom. The topological polar surface area (TPSA) is 84.5 Å². The number of carbonyl (C=O) groups is 3. The first kappa shape index (κ1) is 26.5. The molecule has 0 aromatic heterocycles. The fraction of sp³-hybridized carbons (Fsp3) is 0.222. The second kappa shape index (κ2) is 12.5. The third kappa shape index (κ3) is 8.26. The van der Waals surface area contributed by atoms with Gasteiger partial charge in [0, 0.05) is 12.8 Å². The van der Waals surface area contributed by atoms with E-state index in [4.69, 9.17) is 4.74 Å². The Labute approximate surface area is 206 Å². The number of nitrogens with one attached hydrogen (secondary N) is 2. The van der Waals surface area contributed by atoms with Gasteiger partial charge in [-0.3, -0.25) is 9.59 Å². The van der Waals surface area contributed by atoms with E-state index in [1.165, 1.54) is 0 Å². The lowest BCUT2D eigenvalue weighted by atomic mass is 10.00. The van der Waals surface area contributed by atoms with Gasteiger partial charge in [-0.2, -0.15) is 13.2 Å². The highest BCUT2D eigenvalue weighted by Crippen LogP contribution is 2.20. The number of carbonyl (C=O) groups excluding carboxylic acids is 3. The standard InChI is InChI=1S/C27H25F3N2O4/c28-27(29,30)24(33)22(16-19-10-4-1-5-11-19)31-25(34)23(17-20-12-6-2-7-13-20)32-26(35)36-18-21-14-8-3-9-15-21/h1-15,22-23H,16-18H2,(H,31,34)(H,32,35)/t22-,23+/m1/s1. The van der Waals surface area contributed by atoms with Gasteiger partial charge in [-0.1, -0.05) is 91.0 Å². The molecule has 36 heavy (non-hydrogen) atoms. The molecule has 0 bridgehead atoms. The van der Waals surface area contributed by atoms with Crippen LogP contribution in [-0.4, -0.2) is 36.0 Å². The molecule has 0 aliphatic heterocycles. The van der Waals surface area contributed by atoms with Gasteiger partial charge in [0.15, 0.2) is 0 Å². The van der Waals surface area contributed by atoms with Crippen molar-refractivity contribution in [1.82, 2.24) is 10.6 Å². The molecule has 0 heterocycles. The van der Waals surface area contributed by atoms with Gasteiger partial charge in [0.25, 0.3) is 5.78 Å². The second-order valence-corrected chi connectivity index (χ2v) is 8.06. The van der Waals surface area contributed by atoms with Crippen molar-refractivity contribution in [2.45, 2.75) is 37.7 Å². The highest BCUT2D eigenvalue weighted by atomic mass is 19.4. The van der Waals surface area contributed by atoms with Gasteiger partial charge < -0.3 is 15.4 Å². The van der Waals surface area contributed by atoms with Crippen molar-refractivity contribution in [3.63, 3.8) is 0 Å². The number of benzene rings is 3. The van der Waals surface area contributed by atoms with Crippen LogP contribution in [0, 0.1) is 0 Å². The molecule has 0 aliphatic rings. The number of rotatable bonds is 10. The lowest BCUT2D eigenvalue weighted by Gasteiger charge is -2.23. The first-order valence-electron chi connectivity index (χ1n) is 11.2.